The van der Waals surface area contributed by atoms with Gasteiger partial charge in [-0.3, -0.25) is 10.1 Å². The molecular weight excluding hydrogens is 292 g/mol. The molecule has 0 unspecified atom stereocenters. The van der Waals surface area contributed by atoms with Crippen LogP contribution in [0.25, 0.3) is 5.76 Å². The van der Waals surface area contributed by atoms with Crippen LogP contribution in [0.1, 0.15) is 5.56 Å². The first-order valence-corrected chi connectivity index (χ1v) is 6.65. The summed E-state index contributed by atoms with van der Waals surface area (Å²) in [5.74, 6) is -0.307. The van der Waals surface area contributed by atoms with Crippen molar-refractivity contribution < 1.29 is 10.0 Å². The number of fused-ring (bicyclic) bond motifs is 1. The van der Waals surface area contributed by atoms with Crippen molar-refractivity contribution in [3.8, 4) is 0 Å². The minimum Gasteiger partial charge on any atom is -0.502 e. The zero-order chi connectivity index (χ0) is 15.0. The minimum atomic E-state index is -0.553. The van der Waals surface area contributed by atoms with E-state index in [-0.39, 0.29) is 18.0 Å². The van der Waals surface area contributed by atoms with E-state index in [2.05, 4.69) is 0 Å². The van der Waals surface area contributed by atoms with Crippen molar-refractivity contribution in [2.75, 3.05) is 11.4 Å². The van der Waals surface area contributed by atoms with Crippen LogP contribution < -0.4 is 4.90 Å². The average molecular weight is 303 g/mol. The molecule has 106 valence electrons. The third-order valence-electron chi connectivity index (χ3n) is 3.38. The van der Waals surface area contributed by atoms with Gasteiger partial charge in [-0.2, -0.15) is 0 Å². The molecule has 0 radical (unpaired) electrons. The Kier molecular flexibility index (Phi) is 3.27. The zero-order valence-corrected chi connectivity index (χ0v) is 11.6. The van der Waals surface area contributed by atoms with Crippen molar-refractivity contribution in [3.63, 3.8) is 0 Å². The lowest BCUT2D eigenvalue weighted by Gasteiger charge is -2.29. The normalized spacial score (nSPS) is 14.0. The van der Waals surface area contributed by atoms with Crippen LogP contribution in [0.4, 0.5) is 11.4 Å². The average Bonchev–Trinajstić information content (AvgIpc) is 2.48. The molecule has 0 bridgehead atoms. The predicted molar refractivity (Wildman–Crippen MR) is 81.4 cm³/mol. The van der Waals surface area contributed by atoms with E-state index in [0.29, 0.717) is 16.3 Å². The molecule has 1 aliphatic heterocycles. The number of aliphatic hydroxyl groups is 1. The highest BCUT2D eigenvalue weighted by Gasteiger charge is 2.32. The van der Waals surface area contributed by atoms with Crippen molar-refractivity contribution >= 4 is 28.7 Å². The van der Waals surface area contributed by atoms with Crippen LogP contribution in [-0.4, -0.2) is 16.6 Å². The standard InChI is InChI=1S/C15H11ClN2O3/c16-10-6-7-12-13(8-10)17(11-4-2-1-3-5-11)9-14(15(12)19)18(20)21/h1-8,19H,9H2. The van der Waals surface area contributed by atoms with Crippen LogP contribution >= 0.6 is 11.6 Å². The Morgan fingerprint density at radius 2 is 1.90 bits per heavy atom. The summed E-state index contributed by atoms with van der Waals surface area (Å²) in [5, 5.41) is 21.8. The van der Waals surface area contributed by atoms with E-state index in [0.717, 1.165) is 5.69 Å². The smallest absolute Gasteiger partial charge is 0.307 e. The Morgan fingerprint density at radius 3 is 2.57 bits per heavy atom. The van der Waals surface area contributed by atoms with Gasteiger partial charge in [0.05, 0.1) is 10.6 Å². The van der Waals surface area contributed by atoms with E-state index in [1.807, 2.05) is 30.3 Å². The van der Waals surface area contributed by atoms with Gasteiger partial charge < -0.3 is 10.0 Å². The second-order valence-electron chi connectivity index (χ2n) is 4.64. The van der Waals surface area contributed by atoms with Crippen LogP contribution in [0, 0.1) is 10.1 Å². The number of halogens is 1. The lowest BCUT2D eigenvalue weighted by molar-refractivity contribution is -0.425. The van der Waals surface area contributed by atoms with Crippen molar-refractivity contribution in [1.29, 1.82) is 0 Å². The lowest BCUT2D eigenvalue weighted by atomic mass is 10.0. The van der Waals surface area contributed by atoms with Gasteiger partial charge in [0, 0.05) is 16.3 Å². The zero-order valence-electron chi connectivity index (χ0n) is 10.9. The molecule has 0 spiro atoms. The highest BCUT2D eigenvalue weighted by atomic mass is 35.5. The van der Waals surface area contributed by atoms with Crippen LogP contribution in [0.2, 0.25) is 5.02 Å². The molecule has 0 amide bonds. The molecule has 1 aliphatic rings. The van der Waals surface area contributed by atoms with Crippen molar-refractivity contribution in [2.45, 2.75) is 0 Å². The Bertz CT molecular complexity index is 744. The number of hydrogen-bond donors (Lipinski definition) is 1. The van der Waals surface area contributed by atoms with E-state index < -0.39 is 4.92 Å². The molecule has 2 aromatic rings. The number of benzene rings is 2. The highest BCUT2D eigenvalue weighted by Crippen LogP contribution is 2.39. The molecule has 1 N–H and O–H groups in total. The molecular formula is C15H11ClN2O3. The molecule has 0 aliphatic carbocycles. The monoisotopic (exact) mass is 302 g/mol. The summed E-state index contributed by atoms with van der Waals surface area (Å²) >= 11 is 6.02. The number of anilines is 2. The van der Waals surface area contributed by atoms with E-state index in [1.165, 1.54) is 0 Å². The minimum absolute atomic E-state index is 0.0177. The van der Waals surface area contributed by atoms with Crippen LogP contribution in [0.3, 0.4) is 0 Å². The number of aliphatic hydroxyl groups excluding tert-OH is 1. The summed E-state index contributed by atoms with van der Waals surface area (Å²) in [6.07, 6.45) is 0. The van der Waals surface area contributed by atoms with Crippen LogP contribution in [0.15, 0.2) is 54.2 Å². The molecule has 0 fully saturated rings. The van der Waals surface area contributed by atoms with Gasteiger partial charge in [-0.05, 0) is 30.3 Å². The first-order chi connectivity index (χ1) is 10.1. The molecule has 5 nitrogen and oxygen atoms in total. The van der Waals surface area contributed by atoms with Gasteiger partial charge in [-0.25, -0.2) is 0 Å². The van der Waals surface area contributed by atoms with Gasteiger partial charge in [0.15, 0.2) is 0 Å². The van der Waals surface area contributed by atoms with E-state index >= 15 is 0 Å². The first-order valence-electron chi connectivity index (χ1n) is 6.27. The molecule has 1 heterocycles. The van der Waals surface area contributed by atoms with Gasteiger partial charge in [0.2, 0.25) is 5.76 Å². The van der Waals surface area contributed by atoms with E-state index in [4.69, 9.17) is 11.6 Å². The molecule has 3 rings (SSSR count). The largest absolute Gasteiger partial charge is 0.502 e. The second kappa shape index (κ2) is 5.10. The summed E-state index contributed by atoms with van der Waals surface area (Å²) < 4.78 is 0. The van der Waals surface area contributed by atoms with Crippen LogP contribution in [0.5, 0.6) is 0 Å². The highest BCUT2D eigenvalue weighted by molar-refractivity contribution is 6.31. The predicted octanol–water partition coefficient (Wildman–Crippen LogP) is 4.00. The van der Waals surface area contributed by atoms with E-state index in [9.17, 15) is 15.2 Å². The van der Waals surface area contributed by atoms with Crippen molar-refractivity contribution in [2.24, 2.45) is 0 Å². The summed E-state index contributed by atoms with van der Waals surface area (Å²) in [6.45, 7) is -0.0177. The molecule has 21 heavy (non-hydrogen) atoms. The van der Waals surface area contributed by atoms with Crippen LogP contribution in [-0.2, 0) is 0 Å². The van der Waals surface area contributed by atoms with Gasteiger partial charge in [-0.15, -0.1) is 0 Å². The maximum Gasteiger partial charge on any atom is 0.307 e. The molecule has 0 aromatic heterocycles. The Hall–Kier alpha value is -2.53. The quantitative estimate of drug-likeness (QED) is 0.672. The van der Waals surface area contributed by atoms with Gasteiger partial charge in [0.1, 0.15) is 6.54 Å². The molecule has 0 saturated carbocycles. The SMILES string of the molecule is O=[N+]([O-])C1=C(O)c2ccc(Cl)cc2N(c2ccccc2)C1. The van der Waals surface area contributed by atoms with Gasteiger partial charge in [0.25, 0.3) is 0 Å². The number of nitro groups is 1. The topological polar surface area (TPSA) is 66.6 Å². The Balaban J connectivity index is 2.21. The third kappa shape index (κ3) is 2.32. The second-order valence-corrected chi connectivity index (χ2v) is 5.07. The molecule has 2 aromatic carbocycles. The maximum absolute atomic E-state index is 11.2. The fourth-order valence-electron chi connectivity index (χ4n) is 2.38. The Labute approximate surface area is 125 Å². The number of para-hydroxylation sites is 1. The number of nitrogens with zero attached hydrogens (tertiary/aromatic N) is 2. The fourth-order valence-corrected chi connectivity index (χ4v) is 2.54. The van der Waals surface area contributed by atoms with Crippen molar-refractivity contribution in [3.05, 3.63) is 74.9 Å². The lowest BCUT2D eigenvalue weighted by Crippen LogP contribution is -2.28. The van der Waals surface area contributed by atoms with E-state index in [1.54, 1.807) is 23.1 Å². The van der Waals surface area contributed by atoms with Crippen molar-refractivity contribution in [1.82, 2.24) is 0 Å². The third-order valence-corrected chi connectivity index (χ3v) is 3.61. The summed E-state index contributed by atoms with van der Waals surface area (Å²) in [5.41, 5.74) is 1.62. The summed E-state index contributed by atoms with van der Waals surface area (Å²) in [7, 11) is 0. The van der Waals surface area contributed by atoms with Gasteiger partial charge >= 0.3 is 5.70 Å². The first kappa shape index (κ1) is 13.5. The van der Waals surface area contributed by atoms with Gasteiger partial charge in [-0.1, -0.05) is 29.8 Å². The maximum atomic E-state index is 11.2. The summed E-state index contributed by atoms with van der Waals surface area (Å²) in [4.78, 5) is 12.4. The molecule has 6 heteroatoms. The number of hydrogen-bond acceptors (Lipinski definition) is 4. The molecule has 0 atom stereocenters. The Morgan fingerprint density at radius 1 is 1.19 bits per heavy atom. The number of rotatable bonds is 2. The molecule has 0 saturated heterocycles. The summed E-state index contributed by atoms with van der Waals surface area (Å²) in [6, 6.07) is 14.2. The fraction of sp³-hybridized carbons (Fsp3) is 0.0667.